The van der Waals surface area contributed by atoms with Gasteiger partial charge in [0.15, 0.2) is 0 Å². The Bertz CT molecular complexity index is 569. The summed E-state index contributed by atoms with van der Waals surface area (Å²) in [5.41, 5.74) is 5.50. The molecule has 0 spiro atoms. The van der Waals surface area contributed by atoms with Crippen LogP contribution in [0.15, 0.2) is 24.3 Å². The van der Waals surface area contributed by atoms with Crippen LogP contribution in [0.2, 0.25) is 0 Å². The summed E-state index contributed by atoms with van der Waals surface area (Å²) in [6, 6.07) is 9.34. The van der Waals surface area contributed by atoms with E-state index in [1.807, 2.05) is 11.3 Å². The summed E-state index contributed by atoms with van der Waals surface area (Å²) >= 11 is 1.91. The van der Waals surface area contributed by atoms with Crippen LogP contribution in [-0.2, 0) is 0 Å². The maximum atomic E-state index is 3.65. The highest BCUT2D eigenvalue weighted by molar-refractivity contribution is 7.12. The number of thiophene rings is 1. The molecule has 0 radical (unpaired) electrons. The molecule has 0 aliphatic heterocycles. The minimum absolute atomic E-state index is 0.323. The summed E-state index contributed by atoms with van der Waals surface area (Å²) in [4.78, 5) is 2.84. The summed E-state index contributed by atoms with van der Waals surface area (Å²) in [7, 11) is 0. The molecule has 1 aromatic carbocycles. The molecule has 0 aliphatic carbocycles. The van der Waals surface area contributed by atoms with Crippen molar-refractivity contribution >= 4 is 11.3 Å². The van der Waals surface area contributed by atoms with Gasteiger partial charge in [0.05, 0.1) is 6.04 Å². The van der Waals surface area contributed by atoms with Crippen molar-refractivity contribution in [3.63, 3.8) is 0 Å². The highest BCUT2D eigenvalue weighted by Gasteiger charge is 2.19. The van der Waals surface area contributed by atoms with Crippen LogP contribution in [0.1, 0.15) is 45.0 Å². The van der Waals surface area contributed by atoms with E-state index in [4.69, 9.17) is 0 Å². The zero-order chi connectivity index (χ0) is 14.0. The number of aryl methyl sites for hydroxylation is 4. The predicted octanol–water partition coefficient (Wildman–Crippen LogP) is 4.68. The molecule has 102 valence electrons. The predicted molar refractivity (Wildman–Crippen MR) is 85.2 cm³/mol. The first-order valence-electron chi connectivity index (χ1n) is 6.90. The number of nitrogens with one attached hydrogen (secondary N) is 1. The normalized spacial score (nSPS) is 12.7. The fraction of sp³-hybridized carbons (Fsp3) is 0.412. The maximum Gasteiger partial charge on any atom is 0.0676 e. The first-order chi connectivity index (χ1) is 9.02. The molecule has 1 unspecified atom stereocenters. The molecule has 2 rings (SSSR count). The molecule has 0 saturated heterocycles. The van der Waals surface area contributed by atoms with Crippen LogP contribution in [0, 0.1) is 27.7 Å². The topological polar surface area (TPSA) is 12.0 Å². The van der Waals surface area contributed by atoms with Gasteiger partial charge >= 0.3 is 0 Å². The molecule has 1 nitrogen and oxygen atoms in total. The van der Waals surface area contributed by atoms with Crippen molar-refractivity contribution in [1.29, 1.82) is 0 Å². The third kappa shape index (κ3) is 3.07. The molecule has 1 N–H and O–H groups in total. The summed E-state index contributed by atoms with van der Waals surface area (Å²) in [6.45, 7) is 11.9. The van der Waals surface area contributed by atoms with E-state index in [-0.39, 0.29) is 0 Å². The highest BCUT2D eigenvalue weighted by atomic mass is 32.1. The summed E-state index contributed by atoms with van der Waals surface area (Å²) in [6.07, 6.45) is 0. The van der Waals surface area contributed by atoms with Gasteiger partial charge in [0.2, 0.25) is 0 Å². The van der Waals surface area contributed by atoms with Crippen molar-refractivity contribution in [2.45, 2.75) is 40.7 Å². The quantitative estimate of drug-likeness (QED) is 0.853. The molecule has 0 amide bonds. The molecule has 2 heteroatoms. The van der Waals surface area contributed by atoms with Crippen LogP contribution < -0.4 is 5.32 Å². The van der Waals surface area contributed by atoms with E-state index in [2.05, 4.69) is 64.2 Å². The second kappa shape index (κ2) is 5.89. The number of rotatable bonds is 4. The molecule has 1 aromatic heterocycles. The lowest BCUT2D eigenvalue weighted by Crippen LogP contribution is -2.22. The van der Waals surface area contributed by atoms with Crippen LogP contribution in [0.5, 0.6) is 0 Å². The van der Waals surface area contributed by atoms with Crippen LogP contribution in [0.25, 0.3) is 0 Å². The van der Waals surface area contributed by atoms with Gasteiger partial charge in [0.1, 0.15) is 0 Å². The fourth-order valence-corrected chi connectivity index (χ4v) is 3.70. The van der Waals surface area contributed by atoms with Gasteiger partial charge in [0, 0.05) is 9.75 Å². The van der Waals surface area contributed by atoms with Crippen molar-refractivity contribution in [3.05, 3.63) is 56.3 Å². The molecule has 19 heavy (non-hydrogen) atoms. The summed E-state index contributed by atoms with van der Waals surface area (Å²) in [5, 5.41) is 3.65. The van der Waals surface area contributed by atoms with Gasteiger partial charge in [-0.2, -0.15) is 0 Å². The lowest BCUT2D eigenvalue weighted by atomic mass is 9.96. The third-order valence-corrected chi connectivity index (χ3v) is 4.71. The van der Waals surface area contributed by atoms with E-state index < -0.39 is 0 Å². The van der Waals surface area contributed by atoms with Gasteiger partial charge in [-0.15, -0.1) is 11.3 Å². The van der Waals surface area contributed by atoms with E-state index >= 15 is 0 Å². The third-order valence-electron chi connectivity index (χ3n) is 3.50. The zero-order valence-electron chi connectivity index (χ0n) is 12.5. The minimum atomic E-state index is 0.323. The lowest BCUT2D eigenvalue weighted by molar-refractivity contribution is 0.634. The van der Waals surface area contributed by atoms with Gasteiger partial charge in [-0.1, -0.05) is 30.7 Å². The van der Waals surface area contributed by atoms with E-state index in [1.165, 1.54) is 32.0 Å². The maximum absolute atomic E-state index is 3.65. The Labute approximate surface area is 120 Å². The molecule has 0 bridgehead atoms. The first kappa shape index (κ1) is 14.3. The second-order valence-corrected chi connectivity index (χ2v) is 6.54. The zero-order valence-corrected chi connectivity index (χ0v) is 13.3. The molecule has 2 aromatic rings. The summed E-state index contributed by atoms with van der Waals surface area (Å²) < 4.78 is 0. The monoisotopic (exact) mass is 273 g/mol. The Balaban J connectivity index is 2.51. The van der Waals surface area contributed by atoms with Gasteiger partial charge < -0.3 is 5.32 Å². The standard InChI is InChI=1S/C17H23NS/c1-6-18-16(17-13(4)10-14(5)19-17)15-9-11(2)7-8-12(15)3/h7-10,16,18H,6H2,1-5H3. The van der Waals surface area contributed by atoms with Crippen LogP contribution >= 0.6 is 11.3 Å². The lowest BCUT2D eigenvalue weighted by Gasteiger charge is -2.21. The van der Waals surface area contributed by atoms with E-state index in [0.29, 0.717) is 6.04 Å². The van der Waals surface area contributed by atoms with Gasteiger partial charge in [0.25, 0.3) is 0 Å². The molecular formula is C17H23NS. The molecule has 1 heterocycles. The Morgan fingerprint density at radius 3 is 2.37 bits per heavy atom. The number of hydrogen-bond acceptors (Lipinski definition) is 2. The van der Waals surface area contributed by atoms with Crippen molar-refractivity contribution < 1.29 is 0 Å². The molecular weight excluding hydrogens is 250 g/mol. The first-order valence-corrected chi connectivity index (χ1v) is 7.72. The second-order valence-electron chi connectivity index (χ2n) is 5.26. The molecule has 0 fully saturated rings. The Kier molecular flexibility index (Phi) is 4.43. The largest absolute Gasteiger partial charge is 0.306 e. The smallest absolute Gasteiger partial charge is 0.0676 e. The van der Waals surface area contributed by atoms with Crippen molar-refractivity contribution in [2.75, 3.05) is 6.54 Å². The number of benzene rings is 1. The molecule has 0 saturated carbocycles. The van der Waals surface area contributed by atoms with Crippen LogP contribution in [-0.4, -0.2) is 6.54 Å². The van der Waals surface area contributed by atoms with Gasteiger partial charge in [-0.3, -0.25) is 0 Å². The molecule has 1 atom stereocenters. The van der Waals surface area contributed by atoms with Crippen molar-refractivity contribution in [2.24, 2.45) is 0 Å². The van der Waals surface area contributed by atoms with E-state index in [1.54, 1.807) is 0 Å². The average Bonchev–Trinajstić information content (AvgIpc) is 2.69. The highest BCUT2D eigenvalue weighted by Crippen LogP contribution is 2.33. The van der Waals surface area contributed by atoms with Gasteiger partial charge in [-0.25, -0.2) is 0 Å². The fourth-order valence-electron chi connectivity index (χ4n) is 2.56. The average molecular weight is 273 g/mol. The minimum Gasteiger partial charge on any atom is -0.306 e. The Morgan fingerprint density at radius 1 is 1.05 bits per heavy atom. The van der Waals surface area contributed by atoms with E-state index in [9.17, 15) is 0 Å². The van der Waals surface area contributed by atoms with E-state index in [0.717, 1.165) is 6.54 Å². The van der Waals surface area contributed by atoms with Crippen LogP contribution in [0.3, 0.4) is 0 Å². The Hall–Kier alpha value is -1.12. The summed E-state index contributed by atoms with van der Waals surface area (Å²) in [5.74, 6) is 0. The SMILES string of the molecule is CCNC(c1cc(C)ccc1C)c1sc(C)cc1C. The van der Waals surface area contributed by atoms with Gasteiger partial charge in [-0.05, 0) is 57.0 Å². The molecule has 0 aliphatic rings. The van der Waals surface area contributed by atoms with Crippen LogP contribution in [0.4, 0.5) is 0 Å². The number of hydrogen-bond donors (Lipinski definition) is 1. The van der Waals surface area contributed by atoms with Crippen molar-refractivity contribution in [1.82, 2.24) is 5.32 Å². The van der Waals surface area contributed by atoms with Crippen molar-refractivity contribution in [3.8, 4) is 0 Å². The Morgan fingerprint density at radius 2 is 1.79 bits per heavy atom.